The number of aromatic nitrogens is 2. The first-order valence-electron chi connectivity index (χ1n) is 9.17. The first kappa shape index (κ1) is 19.0. The Bertz CT molecular complexity index is 677. The molecule has 2 atom stereocenters. The Kier molecular flexibility index (Phi) is 6.43. The van der Waals surface area contributed by atoms with Gasteiger partial charge >= 0.3 is 0 Å². The summed E-state index contributed by atoms with van der Waals surface area (Å²) < 4.78 is 11.5. The van der Waals surface area contributed by atoms with Crippen molar-refractivity contribution in [2.45, 2.75) is 56.1 Å². The highest BCUT2D eigenvalue weighted by Crippen LogP contribution is 2.33. The number of hydrogen-bond acceptors (Lipinski definition) is 7. The lowest BCUT2D eigenvalue weighted by Gasteiger charge is -2.32. The number of morpholine rings is 1. The van der Waals surface area contributed by atoms with Crippen molar-refractivity contribution < 1.29 is 9.47 Å². The van der Waals surface area contributed by atoms with Crippen LogP contribution in [0, 0.1) is 0 Å². The molecule has 1 aliphatic heterocycles. The van der Waals surface area contributed by atoms with E-state index in [0.29, 0.717) is 0 Å². The molecule has 1 saturated heterocycles. The van der Waals surface area contributed by atoms with E-state index in [1.807, 2.05) is 19.9 Å². The number of allylic oxidation sites excluding steroid dienone is 3. The van der Waals surface area contributed by atoms with Crippen LogP contribution < -0.4 is 10.6 Å². The molecule has 142 valence electrons. The van der Waals surface area contributed by atoms with Crippen LogP contribution in [0.5, 0.6) is 0 Å². The molecular formula is C19H28N4O2S. The highest BCUT2D eigenvalue weighted by molar-refractivity contribution is 8.00. The van der Waals surface area contributed by atoms with E-state index in [9.17, 15) is 0 Å². The summed E-state index contributed by atoms with van der Waals surface area (Å²) in [6.07, 6.45) is 7.80. The normalized spacial score (nSPS) is 24.1. The number of nitrogens with two attached hydrogens (primary N) is 1. The molecule has 3 rings (SSSR count). The average Bonchev–Trinajstić information content (AvgIpc) is 2.76. The fourth-order valence-corrected chi connectivity index (χ4v) is 4.14. The van der Waals surface area contributed by atoms with E-state index in [1.165, 1.54) is 0 Å². The van der Waals surface area contributed by atoms with Gasteiger partial charge in [-0.25, -0.2) is 9.97 Å². The van der Waals surface area contributed by atoms with Crippen LogP contribution >= 0.6 is 11.8 Å². The van der Waals surface area contributed by atoms with E-state index < -0.39 is 0 Å². The van der Waals surface area contributed by atoms with Crippen molar-refractivity contribution in [3.05, 3.63) is 36.0 Å². The molecule has 2 aliphatic rings. The maximum absolute atomic E-state index is 6.30. The monoisotopic (exact) mass is 376 g/mol. The molecule has 0 spiro atoms. The van der Waals surface area contributed by atoms with Crippen LogP contribution in [0.15, 0.2) is 41.0 Å². The van der Waals surface area contributed by atoms with Crippen LogP contribution in [-0.2, 0) is 9.47 Å². The van der Waals surface area contributed by atoms with E-state index >= 15 is 0 Å². The second-order valence-electron chi connectivity index (χ2n) is 6.93. The first-order valence-corrected chi connectivity index (χ1v) is 10.1. The summed E-state index contributed by atoms with van der Waals surface area (Å²) in [5.41, 5.74) is 7.18. The molecule has 1 fully saturated rings. The van der Waals surface area contributed by atoms with Gasteiger partial charge in [0.25, 0.3) is 0 Å². The first-order chi connectivity index (χ1) is 12.5. The molecule has 7 heteroatoms. The average molecular weight is 377 g/mol. The van der Waals surface area contributed by atoms with Gasteiger partial charge in [-0.3, -0.25) is 0 Å². The minimum Gasteiger partial charge on any atom is -0.496 e. The molecule has 0 radical (unpaired) electrons. The van der Waals surface area contributed by atoms with Gasteiger partial charge in [0.1, 0.15) is 17.2 Å². The zero-order chi connectivity index (χ0) is 18.5. The van der Waals surface area contributed by atoms with E-state index in [2.05, 4.69) is 33.9 Å². The molecule has 0 saturated carbocycles. The molecule has 2 heterocycles. The van der Waals surface area contributed by atoms with Gasteiger partial charge in [0.05, 0.1) is 29.8 Å². The smallest absolute Gasteiger partial charge is 0.133 e. The Morgan fingerprint density at radius 1 is 1.35 bits per heavy atom. The van der Waals surface area contributed by atoms with Gasteiger partial charge < -0.3 is 20.1 Å². The van der Waals surface area contributed by atoms with E-state index in [4.69, 9.17) is 15.2 Å². The lowest BCUT2D eigenvalue weighted by atomic mass is 10.2. The van der Waals surface area contributed by atoms with Crippen LogP contribution in [0.1, 0.15) is 33.6 Å². The summed E-state index contributed by atoms with van der Waals surface area (Å²) in [6, 6.07) is 2.05. The second-order valence-corrected chi connectivity index (χ2v) is 8.15. The fourth-order valence-electron chi connectivity index (χ4n) is 3.09. The molecule has 0 aromatic carbocycles. The largest absolute Gasteiger partial charge is 0.496 e. The van der Waals surface area contributed by atoms with Crippen LogP contribution in [-0.4, -0.2) is 47.1 Å². The van der Waals surface area contributed by atoms with E-state index in [-0.39, 0.29) is 17.5 Å². The predicted octanol–water partition coefficient (Wildman–Crippen LogP) is 3.11. The Morgan fingerprint density at radius 3 is 2.96 bits per heavy atom. The van der Waals surface area contributed by atoms with Gasteiger partial charge in [0.2, 0.25) is 0 Å². The number of anilines is 1. The van der Waals surface area contributed by atoms with Crippen molar-refractivity contribution in [2.75, 3.05) is 24.6 Å². The van der Waals surface area contributed by atoms with Gasteiger partial charge in [0.15, 0.2) is 0 Å². The zero-order valence-electron chi connectivity index (χ0n) is 15.7. The van der Waals surface area contributed by atoms with E-state index in [1.54, 1.807) is 18.1 Å². The summed E-state index contributed by atoms with van der Waals surface area (Å²) in [4.78, 5) is 11.1. The van der Waals surface area contributed by atoms with Gasteiger partial charge in [-0.1, -0.05) is 17.8 Å². The Labute approximate surface area is 159 Å². The minimum atomic E-state index is 0.119. The molecule has 6 nitrogen and oxygen atoms in total. The second kappa shape index (κ2) is 8.77. The third-order valence-corrected chi connectivity index (χ3v) is 5.49. The van der Waals surface area contributed by atoms with Crippen molar-refractivity contribution in [1.29, 1.82) is 0 Å². The maximum Gasteiger partial charge on any atom is 0.133 e. The number of nitrogens with zero attached hydrogens (tertiary/aromatic N) is 3. The number of hydrogen-bond donors (Lipinski definition) is 1. The molecular weight excluding hydrogens is 348 g/mol. The molecule has 1 unspecified atom stereocenters. The SMILES string of the molecule is CC(C)OC1=CCC=C(N)C(Sc2cc(N3CCO[C@H](C)C3)ncn2)C1. The number of thioether (sulfide) groups is 1. The van der Waals surface area contributed by atoms with Gasteiger partial charge in [-0.2, -0.15) is 0 Å². The third-order valence-electron chi connectivity index (χ3n) is 4.30. The van der Waals surface area contributed by atoms with Crippen LogP contribution in [0.3, 0.4) is 0 Å². The summed E-state index contributed by atoms with van der Waals surface area (Å²) in [5.74, 6) is 1.95. The minimum absolute atomic E-state index is 0.119. The Balaban J connectivity index is 1.71. The van der Waals surface area contributed by atoms with Crippen molar-refractivity contribution >= 4 is 17.6 Å². The van der Waals surface area contributed by atoms with Crippen LogP contribution in [0.4, 0.5) is 5.82 Å². The molecule has 1 aliphatic carbocycles. The van der Waals surface area contributed by atoms with Crippen molar-refractivity contribution in [1.82, 2.24) is 9.97 Å². The third kappa shape index (κ3) is 5.14. The van der Waals surface area contributed by atoms with Gasteiger partial charge in [0, 0.05) is 31.3 Å². The molecule has 0 bridgehead atoms. The topological polar surface area (TPSA) is 73.5 Å². The summed E-state index contributed by atoms with van der Waals surface area (Å²) >= 11 is 1.67. The summed E-state index contributed by atoms with van der Waals surface area (Å²) in [7, 11) is 0. The van der Waals surface area contributed by atoms with Gasteiger partial charge in [-0.15, -0.1) is 0 Å². The molecule has 0 amide bonds. The number of ether oxygens (including phenoxy) is 2. The molecule has 26 heavy (non-hydrogen) atoms. The molecule has 1 aromatic rings. The lowest BCUT2D eigenvalue weighted by molar-refractivity contribution is 0.0529. The van der Waals surface area contributed by atoms with Crippen molar-refractivity contribution in [3.8, 4) is 0 Å². The van der Waals surface area contributed by atoms with Gasteiger partial charge in [-0.05, 0) is 33.3 Å². The highest BCUT2D eigenvalue weighted by Gasteiger charge is 2.22. The fraction of sp³-hybridized carbons (Fsp3) is 0.579. The van der Waals surface area contributed by atoms with Crippen molar-refractivity contribution in [3.63, 3.8) is 0 Å². The lowest BCUT2D eigenvalue weighted by Crippen LogP contribution is -2.41. The van der Waals surface area contributed by atoms with E-state index in [0.717, 1.165) is 54.8 Å². The predicted molar refractivity (Wildman–Crippen MR) is 105 cm³/mol. The molecule has 2 N–H and O–H groups in total. The Hall–Kier alpha value is -1.73. The molecule has 1 aromatic heterocycles. The quantitative estimate of drug-likeness (QED) is 0.792. The van der Waals surface area contributed by atoms with Crippen LogP contribution in [0.25, 0.3) is 0 Å². The van der Waals surface area contributed by atoms with Crippen LogP contribution in [0.2, 0.25) is 0 Å². The summed E-state index contributed by atoms with van der Waals surface area (Å²) in [5, 5.41) is 1.05. The van der Waals surface area contributed by atoms with Crippen molar-refractivity contribution in [2.24, 2.45) is 5.73 Å². The maximum atomic E-state index is 6.30. The summed E-state index contributed by atoms with van der Waals surface area (Å²) in [6.45, 7) is 8.61. The Morgan fingerprint density at radius 2 is 2.19 bits per heavy atom. The highest BCUT2D eigenvalue weighted by atomic mass is 32.2. The zero-order valence-corrected chi connectivity index (χ0v) is 16.5. The number of rotatable bonds is 5. The standard InChI is InChI=1S/C19H28N4O2S/c1-13(2)25-15-5-4-6-16(20)17(9-15)26-19-10-18(21-12-22-19)23-7-8-24-14(3)11-23/h5-6,10,12-14,17H,4,7-9,11,20H2,1-3H3/t14-,17?/m1/s1.